The average molecular weight is 333 g/mol. The Labute approximate surface area is 145 Å². The monoisotopic (exact) mass is 333 g/mol. The lowest BCUT2D eigenvalue weighted by atomic mass is 10.0. The molecule has 1 N–H and O–H groups in total. The Morgan fingerprint density at radius 3 is 2.52 bits per heavy atom. The summed E-state index contributed by atoms with van der Waals surface area (Å²) in [5, 5.41) is 11.0. The second kappa shape index (κ2) is 6.77. The van der Waals surface area contributed by atoms with Crippen LogP contribution in [0.1, 0.15) is 28.4 Å². The molecule has 0 unspecified atom stereocenters. The summed E-state index contributed by atoms with van der Waals surface area (Å²) >= 11 is 0. The number of rotatable bonds is 4. The Morgan fingerprint density at radius 1 is 1.12 bits per heavy atom. The number of ketones is 1. The third-order valence-electron chi connectivity index (χ3n) is 4.31. The lowest BCUT2D eigenvalue weighted by Gasteiger charge is -2.12. The Balaban J connectivity index is 2.14. The highest BCUT2D eigenvalue weighted by Crippen LogP contribution is 2.26. The number of carbonyl (C=O) groups is 1. The molecule has 126 valence electrons. The van der Waals surface area contributed by atoms with Gasteiger partial charge < -0.3 is 9.67 Å². The van der Waals surface area contributed by atoms with Gasteiger partial charge in [-0.05, 0) is 43.2 Å². The van der Waals surface area contributed by atoms with Crippen LogP contribution in [-0.4, -0.2) is 15.5 Å². The molecule has 0 saturated carbocycles. The average Bonchev–Trinajstić information content (AvgIpc) is 2.61. The van der Waals surface area contributed by atoms with Crippen molar-refractivity contribution in [3.63, 3.8) is 0 Å². The zero-order chi connectivity index (χ0) is 18.0. The van der Waals surface area contributed by atoms with Crippen LogP contribution in [0.5, 0.6) is 5.75 Å². The Bertz CT molecular complexity index is 1040. The Kier molecular flexibility index (Phi) is 4.52. The molecule has 0 radical (unpaired) electrons. The molecule has 3 aromatic rings. The van der Waals surface area contributed by atoms with Crippen molar-refractivity contribution < 1.29 is 9.90 Å². The number of nitrogens with zero attached hydrogens (tertiary/aromatic N) is 1. The van der Waals surface area contributed by atoms with E-state index in [1.165, 1.54) is 10.6 Å². The number of aromatic hydroxyl groups is 1. The molecule has 1 heterocycles. The van der Waals surface area contributed by atoms with Crippen LogP contribution in [0.3, 0.4) is 0 Å². The highest BCUT2D eigenvalue weighted by atomic mass is 16.3. The first-order valence-corrected chi connectivity index (χ1v) is 8.17. The molecular weight excluding hydrogens is 314 g/mol. The van der Waals surface area contributed by atoms with Crippen molar-refractivity contribution in [1.82, 2.24) is 4.57 Å². The minimum absolute atomic E-state index is 0.189. The van der Waals surface area contributed by atoms with E-state index in [4.69, 9.17) is 0 Å². The molecule has 3 rings (SSSR count). The van der Waals surface area contributed by atoms with Crippen LogP contribution in [-0.2, 0) is 6.54 Å². The molecule has 0 atom stereocenters. The fraction of sp³-hybridized carbons (Fsp3) is 0.143. The number of allylic oxidation sites excluding steroid dienone is 1. The highest BCUT2D eigenvalue weighted by Gasteiger charge is 2.19. The molecule has 2 aromatic carbocycles. The lowest BCUT2D eigenvalue weighted by molar-refractivity contribution is 0.104. The molecule has 4 heteroatoms. The van der Waals surface area contributed by atoms with Crippen LogP contribution in [0.4, 0.5) is 0 Å². The van der Waals surface area contributed by atoms with Crippen LogP contribution in [0.15, 0.2) is 59.4 Å². The van der Waals surface area contributed by atoms with Gasteiger partial charge in [-0.2, -0.15) is 0 Å². The first-order valence-electron chi connectivity index (χ1n) is 8.17. The van der Waals surface area contributed by atoms with Gasteiger partial charge >= 0.3 is 0 Å². The normalized spacial score (nSPS) is 11.3. The van der Waals surface area contributed by atoms with Crippen molar-refractivity contribution in [3.8, 4) is 5.75 Å². The predicted octanol–water partition coefficient (Wildman–Crippen LogP) is 3.93. The largest absolute Gasteiger partial charge is 0.506 e. The molecule has 1 aromatic heterocycles. The third-order valence-corrected chi connectivity index (χ3v) is 4.31. The van der Waals surface area contributed by atoms with E-state index in [-0.39, 0.29) is 11.3 Å². The van der Waals surface area contributed by atoms with E-state index in [1.807, 2.05) is 38.1 Å². The number of aromatic nitrogens is 1. The second-order valence-electron chi connectivity index (χ2n) is 5.84. The van der Waals surface area contributed by atoms with E-state index in [2.05, 4.69) is 0 Å². The first kappa shape index (κ1) is 16.7. The van der Waals surface area contributed by atoms with Crippen LogP contribution < -0.4 is 5.56 Å². The Hall–Kier alpha value is -3.14. The van der Waals surface area contributed by atoms with Gasteiger partial charge in [-0.25, -0.2) is 0 Å². The van der Waals surface area contributed by atoms with Crippen molar-refractivity contribution in [2.45, 2.75) is 20.4 Å². The van der Waals surface area contributed by atoms with E-state index in [0.717, 1.165) is 11.1 Å². The molecule has 4 nitrogen and oxygen atoms in total. The van der Waals surface area contributed by atoms with E-state index in [0.29, 0.717) is 17.4 Å². The minimum Gasteiger partial charge on any atom is -0.506 e. The van der Waals surface area contributed by atoms with Crippen molar-refractivity contribution >= 4 is 22.8 Å². The summed E-state index contributed by atoms with van der Waals surface area (Å²) in [6, 6.07) is 14.7. The molecule has 0 aliphatic rings. The van der Waals surface area contributed by atoms with E-state index in [1.54, 1.807) is 30.3 Å². The van der Waals surface area contributed by atoms with Crippen LogP contribution in [0.25, 0.3) is 17.0 Å². The minimum atomic E-state index is -0.501. The van der Waals surface area contributed by atoms with Gasteiger partial charge in [0, 0.05) is 11.9 Å². The molecular formula is C21H19NO3. The summed E-state index contributed by atoms with van der Waals surface area (Å²) in [5.74, 6) is -0.761. The molecule has 0 fully saturated rings. The maximum Gasteiger partial charge on any atom is 0.266 e. The SMILES string of the molecule is CCn1c(=O)c(C(=O)/C=C/c2ccccc2C)c(O)c2ccccc21. The van der Waals surface area contributed by atoms with E-state index >= 15 is 0 Å². The summed E-state index contributed by atoms with van der Waals surface area (Å²) in [6.45, 7) is 4.20. The van der Waals surface area contributed by atoms with E-state index < -0.39 is 11.3 Å². The smallest absolute Gasteiger partial charge is 0.266 e. The number of pyridine rings is 1. The molecule has 0 spiro atoms. The zero-order valence-corrected chi connectivity index (χ0v) is 14.2. The summed E-state index contributed by atoms with van der Waals surface area (Å²) in [6.07, 6.45) is 3.01. The fourth-order valence-corrected chi connectivity index (χ4v) is 2.95. The van der Waals surface area contributed by atoms with Crippen LogP contribution in [0, 0.1) is 6.92 Å². The van der Waals surface area contributed by atoms with Gasteiger partial charge in [-0.1, -0.05) is 42.5 Å². The molecule has 0 bridgehead atoms. The number of fused-ring (bicyclic) bond motifs is 1. The number of benzene rings is 2. The van der Waals surface area contributed by atoms with Crippen molar-refractivity contribution in [2.75, 3.05) is 0 Å². The van der Waals surface area contributed by atoms with Crippen LogP contribution in [0.2, 0.25) is 0 Å². The molecule has 0 aliphatic carbocycles. The van der Waals surface area contributed by atoms with Gasteiger partial charge in [0.25, 0.3) is 5.56 Å². The molecule has 0 amide bonds. The molecule has 0 saturated heterocycles. The van der Waals surface area contributed by atoms with Gasteiger partial charge in [0.2, 0.25) is 0 Å². The number of aryl methyl sites for hydroxylation is 2. The quantitative estimate of drug-likeness (QED) is 0.581. The molecule has 25 heavy (non-hydrogen) atoms. The molecule has 0 aliphatic heterocycles. The van der Waals surface area contributed by atoms with Gasteiger partial charge in [0.1, 0.15) is 11.3 Å². The topological polar surface area (TPSA) is 59.3 Å². The summed E-state index contributed by atoms with van der Waals surface area (Å²) in [4.78, 5) is 25.3. The Morgan fingerprint density at radius 2 is 1.80 bits per heavy atom. The first-order chi connectivity index (χ1) is 12.0. The van der Waals surface area contributed by atoms with Gasteiger partial charge in [0.15, 0.2) is 5.78 Å². The lowest BCUT2D eigenvalue weighted by Crippen LogP contribution is -2.26. The van der Waals surface area contributed by atoms with Gasteiger partial charge in [-0.3, -0.25) is 9.59 Å². The zero-order valence-electron chi connectivity index (χ0n) is 14.2. The number of carbonyl (C=O) groups excluding carboxylic acids is 1. The standard InChI is InChI=1S/C21H19NO3/c1-3-22-17-11-7-6-10-16(17)20(24)19(21(22)25)18(23)13-12-15-9-5-4-8-14(15)2/h4-13,24H,3H2,1-2H3/b13-12+. The number of hydrogen-bond donors (Lipinski definition) is 1. The van der Waals surface area contributed by atoms with Crippen molar-refractivity contribution in [2.24, 2.45) is 0 Å². The van der Waals surface area contributed by atoms with Crippen molar-refractivity contribution in [1.29, 1.82) is 0 Å². The second-order valence-corrected chi connectivity index (χ2v) is 5.84. The fourth-order valence-electron chi connectivity index (χ4n) is 2.95. The highest BCUT2D eigenvalue weighted by molar-refractivity contribution is 6.11. The number of para-hydroxylation sites is 1. The summed E-state index contributed by atoms with van der Waals surface area (Å²) in [7, 11) is 0. The summed E-state index contributed by atoms with van der Waals surface area (Å²) in [5.41, 5.74) is 1.88. The third kappa shape index (κ3) is 2.98. The van der Waals surface area contributed by atoms with Crippen LogP contribution >= 0.6 is 0 Å². The maximum atomic E-state index is 12.7. The van der Waals surface area contributed by atoms with Gasteiger partial charge in [-0.15, -0.1) is 0 Å². The van der Waals surface area contributed by atoms with Gasteiger partial charge in [0.05, 0.1) is 5.52 Å². The summed E-state index contributed by atoms with van der Waals surface area (Å²) < 4.78 is 1.50. The van der Waals surface area contributed by atoms with Crippen molar-refractivity contribution in [3.05, 3.63) is 81.7 Å². The maximum absolute atomic E-state index is 12.7. The predicted molar refractivity (Wildman–Crippen MR) is 100 cm³/mol. The van der Waals surface area contributed by atoms with E-state index in [9.17, 15) is 14.7 Å². The number of hydrogen-bond acceptors (Lipinski definition) is 3.